The molecule has 0 spiro atoms. The molecule has 3 unspecified atom stereocenters. The topological polar surface area (TPSA) is 143 Å². The van der Waals surface area contributed by atoms with Crippen molar-refractivity contribution in [2.75, 3.05) is 13.2 Å². The summed E-state index contributed by atoms with van der Waals surface area (Å²) < 4.78 is 21.8. The molecule has 2 aromatic heterocycles. The fourth-order valence-electron chi connectivity index (χ4n) is 4.30. The van der Waals surface area contributed by atoms with Crippen LogP contribution in [0.5, 0.6) is 0 Å². The minimum atomic E-state index is -1.56. The molecule has 3 rings (SSSR count). The third-order valence-corrected chi connectivity index (χ3v) is 8.16. The maximum absolute atomic E-state index is 12.7. The lowest BCUT2D eigenvalue weighted by molar-refractivity contribution is -0.0439. The van der Waals surface area contributed by atoms with Crippen LogP contribution in [-0.4, -0.2) is 61.8 Å². The molecule has 0 saturated carbocycles. The van der Waals surface area contributed by atoms with Crippen molar-refractivity contribution in [3.05, 3.63) is 62.7 Å². The van der Waals surface area contributed by atoms with E-state index in [1.165, 1.54) is 10.8 Å². The third kappa shape index (κ3) is 7.77. The number of hydrogen-bond acceptors (Lipinski definition) is 9. The molecule has 202 valence electrons. The molecule has 0 aromatic carbocycles. The van der Waals surface area contributed by atoms with Gasteiger partial charge in [-0.05, 0) is 52.2 Å². The Morgan fingerprint density at radius 3 is 2.70 bits per heavy atom. The van der Waals surface area contributed by atoms with Gasteiger partial charge in [0.15, 0.2) is 0 Å². The van der Waals surface area contributed by atoms with Crippen LogP contribution in [0.4, 0.5) is 0 Å². The van der Waals surface area contributed by atoms with Crippen LogP contribution in [0.15, 0.2) is 40.3 Å². The molecule has 1 saturated heterocycles. The number of nitriles is 1. The van der Waals surface area contributed by atoms with Crippen molar-refractivity contribution in [1.82, 2.24) is 19.2 Å². The quantitative estimate of drug-likeness (QED) is 0.293. The molecular formula is C25H36N5O6P. The number of nitrogens with one attached hydrogen (secondary N) is 1. The molecule has 0 bridgehead atoms. The number of nitrogens with zero attached hydrogens (tertiary/aromatic N) is 4. The van der Waals surface area contributed by atoms with Gasteiger partial charge in [-0.2, -0.15) is 5.26 Å². The lowest BCUT2D eigenvalue weighted by Gasteiger charge is -2.37. The minimum absolute atomic E-state index is 0.114. The van der Waals surface area contributed by atoms with Crippen LogP contribution in [0.3, 0.4) is 0 Å². The first-order chi connectivity index (χ1) is 17.7. The summed E-state index contributed by atoms with van der Waals surface area (Å²) in [7, 11) is -1.56. The maximum atomic E-state index is 12.7. The number of ether oxygens (including phenoxy) is 1. The van der Waals surface area contributed by atoms with Crippen LogP contribution >= 0.6 is 8.53 Å². The van der Waals surface area contributed by atoms with Crippen LogP contribution in [0.2, 0.25) is 0 Å². The van der Waals surface area contributed by atoms with Gasteiger partial charge in [0.1, 0.15) is 12.3 Å². The van der Waals surface area contributed by atoms with Gasteiger partial charge < -0.3 is 18.9 Å². The van der Waals surface area contributed by atoms with E-state index < -0.39 is 38.2 Å². The van der Waals surface area contributed by atoms with Crippen LogP contribution in [0.25, 0.3) is 0 Å². The zero-order valence-corrected chi connectivity index (χ0v) is 22.6. The van der Waals surface area contributed by atoms with Crippen LogP contribution in [-0.2, 0) is 26.6 Å². The summed E-state index contributed by atoms with van der Waals surface area (Å²) in [6.45, 7) is 8.07. The highest BCUT2D eigenvalue weighted by molar-refractivity contribution is 7.44. The molecule has 2 N–H and O–H groups in total. The van der Waals surface area contributed by atoms with E-state index in [0.29, 0.717) is 18.4 Å². The number of aliphatic hydroxyl groups is 1. The molecule has 12 heteroatoms. The lowest BCUT2D eigenvalue weighted by Crippen LogP contribution is -2.36. The van der Waals surface area contributed by atoms with E-state index in [1.54, 1.807) is 12.4 Å². The van der Waals surface area contributed by atoms with Crippen molar-refractivity contribution in [1.29, 1.82) is 5.26 Å². The van der Waals surface area contributed by atoms with Gasteiger partial charge >= 0.3 is 5.69 Å². The van der Waals surface area contributed by atoms with Crippen molar-refractivity contribution in [2.24, 2.45) is 0 Å². The molecule has 3 heterocycles. The van der Waals surface area contributed by atoms with E-state index in [9.17, 15) is 14.7 Å². The Balaban J connectivity index is 1.79. The summed E-state index contributed by atoms with van der Waals surface area (Å²) >= 11 is 0. The fraction of sp³-hybridized carbons (Fsp3) is 0.600. The van der Waals surface area contributed by atoms with Crippen molar-refractivity contribution in [3.8, 4) is 6.07 Å². The molecule has 0 amide bonds. The van der Waals surface area contributed by atoms with E-state index in [1.807, 2.05) is 39.8 Å². The van der Waals surface area contributed by atoms with Gasteiger partial charge in [0.25, 0.3) is 14.1 Å². The molecule has 1 aliphatic rings. The number of aryl methyl sites for hydroxylation is 2. The SMILES string of the molecule is CC(C)N(C(C)C)P(OCCC#N)OC1CC(n2cc(CCc3cccnc3)c(=O)[nH]c2=O)O[C@@H]1CO. The number of aromatic nitrogens is 3. The number of H-pyrrole nitrogens is 1. The van der Waals surface area contributed by atoms with E-state index in [4.69, 9.17) is 19.0 Å². The van der Waals surface area contributed by atoms with Crippen LogP contribution in [0, 0.1) is 11.3 Å². The lowest BCUT2D eigenvalue weighted by atomic mass is 10.1. The fourth-order valence-corrected chi connectivity index (χ4v) is 6.06. The third-order valence-electron chi connectivity index (χ3n) is 6.01. The number of aromatic amines is 1. The van der Waals surface area contributed by atoms with E-state index in [0.717, 1.165) is 5.56 Å². The Bertz CT molecular complexity index is 1140. The number of pyridine rings is 1. The largest absolute Gasteiger partial charge is 0.394 e. The average molecular weight is 534 g/mol. The summed E-state index contributed by atoms with van der Waals surface area (Å²) in [6, 6.07) is 6.07. The normalized spacial score (nSPS) is 20.6. The van der Waals surface area contributed by atoms with Crippen molar-refractivity contribution < 1.29 is 18.9 Å². The Morgan fingerprint density at radius 2 is 2.08 bits per heavy atom. The average Bonchev–Trinajstić information content (AvgIpc) is 3.26. The Labute approximate surface area is 218 Å². The minimum Gasteiger partial charge on any atom is -0.394 e. The highest BCUT2D eigenvalue weighted by Gasteiger charge is 2.41. The summed E-state index contributed by atoms with van der Waals surface area (Å²) in [4.78, 5) is 31.6. The van der Waals surface area contributed by atoms with Gasteiger partial charge in [0.05, 0.1) is 31.8 Å². The molecule has 0 aliphatic carbocycles. The van der Waals surface area contributed by atoms with Gasteiger partial charge in [-0.1, -0.05) is 6.07 Å². The predicted molar refractivity (Wildman–Crippen MR) is 139 cm³/mol. The molecule has 4 atom stereocenters. The van der Waals surface area contributed by atoms with Gasteiger partial charge in [0, 0.05) is 42.7 Å². The van der Waals surface area contributed by atoms with Gasteiger partial charge in [-0.25, -0.2) is 9.46 Å². The molecule has 37 heavy (non-hydrogen) atoms. The Kier molecular flexibility index (Phi) is 10.9. The van der Waals surface area contributed by atoms with E-state index >= 15 is 0 Å². The molecule has 1 aliphatic heterocycles. The second kappa shape index (κ2) is 13.9. The first-order valence-corrected chi connectivity index (χ1v) is 13.6. The highest BCUT2D eigenvalue weighted by atomic mass is 31.2. The zero-order valence-electron chi connectivity index (χ0n) is 21.7. The Morgan fingerprint density at radius 1 is 1.32 bits per heavy atom. The second-order valence-electron chi connectivity index (χ2n) is 9.42. The molecule has 0 radical (unpaired) electrons. The van der Waals surface area contributed by atoms with Crippen LogP contribution < -0.4 is 11.2 Å². The number of hydrogen-bond donors (Lipinski definition) is 2. The molecule has 2 aromatic rings. The van der Waals surface area contributed by atoms with Crippen molar-refractivity contribution >= 4 is 8.53 Å². The Hall–Kier alpha value is -2.45. The molecular weight excluding hydrogens is 497 g/mol. The summed E-state index contributed by atoms with van der Waals surface area (Å²) in [5.74, 6) is 0. The van der Waals surface area contributed by atoms with Gasteiger partial charge in [0.2, 0.25) is 0 Å². The van der Waals surface area contributed by atoms with Crippen molar-refractivity contribution in [2.45, 2.75) is 83.9 Å². The summed E-state index contributed by atoms with van der Waals surface area (Å²) in [5, 5.41) is 19.0. The van der Waals surface area contributed by atoms with E-state index in [-0.39, 0.29) is 38.1 Å². The number of rotatable bonds is 13. The van der Waals surface area contributed by atoms with Crippen LogP contribution in [0.1, 0.15) is 57.9 Å². The maximum Gasteiger partial charge on any atom is 0.330 e. The van der Waals surface area contributed by atoms with Gasteiger partial charge in [-0.15, -0.1) is 0 Å². The predicted octanol–water partition coefficient (Wildman–Crippen LogP) is 2.66. The molecule has 1 fully saturated rings. The number of aliphatic hydroxyl groups excluding tert-OH is 1. The van der Waals surface area contributed by atoms with E-state index in [2.05, 4.69) is 20.7 Å². The highest BCUT2D eigenvalue weighted by Crippen LogP contribution is 2.49. The first-order valence-electron chi connectivity index (χ1n) is 12.5. The van der Waals surface area contributed by atoms with Gasteiger partial charge in [-0.3, -0.25) is 19.3 Å². The van der Waals surface area contributed by atoms with Crippen molar-refractivity contribution in [3.63, 3.8) is 0 Å². The summed E-state index contributed by atoms with van der Waals surface area (Å²) in [5.41, 5.74) is 0.407. The first kappa shape index (κ1) is 29.1. The smallest absolute Gasteiger partial charge is 0.330 e. The standard InChI is InChI=1S/C25H36N5O6P/c1-17(2)30(18(3)4)37(34-12-6-10-26)36-21-13-23(35-22(21)16-31)29-15-20(24(32)28-25(29)33)9-8-19-7-5-11-27-14-19/h5,7,11,14-15,17-18,21-23,31H,6,8-9,12-13,16H2,1-4H3,(H,28,32,33)/t21?,22-,23?,37?/m1/s1. The molecule has 11 nitrogen and oxygen atoms in total. The second-order valence-corrected chi connectivity index (χ2v) is 10.8. The summed E-state index contributed by atoms with van der Waals surface area (Å²) in [6.07, 6.45) is 4.51. The monoisotopic (exact) mass is 533 g/mol. The zero-order chi connectivity index (χ0) is 26.9.